The number of benzene rings is 1. The lowest BCUT2D eigenvalue weighted by atomic mass is 10.1. The van der Waals surface area contributed by atoms with Crippen molar-refractivity contribution in [1.82, 2.24) is 4.90 Å². The predicted molar refractivity (Wildman–Crippen MR) is 79.1 cm³/mol. The molecule has 4 heteroatoms. The summed E-state index contributed by atoms with van der Waals surface area (Å²) in [5, 5.41) is 0. The average Bonchev–Trinajstić information content (AvgIpc) is 2.36. The summed E-state index contributed by atoms with van der Waals surface area (Å²) in [6.07, 6.45) is 0.979. The van der Waals surface area contributed by atoms with Crippen LogP contribution in [0.25, 0.3) is 0 Å². The molecule has 1 aromatic rings. The lowest BCUT2D eigenvalue weighted by Crippen LogP contribution is -2.53. The van der Waals surface area contributed by atoms with Gasteiger partial charge in [0.2, 0.25) is 0 Å². The lowest BCUT2D eigenvalue weighted by Gasteiger charge is -2.43. The summed E-state index contributed by atoms with van der Waals surface area (Å²) in [6, 6.07) is 4.12. The molecule has 2 nitrogen and oxygen atoms in total. The first-order chi connectivity index (χ1) is 9.49. The molecule has 0 amide bonds. The van der Waals surface area contributed by atoms with Crippen LogP contribution in [-0.4, -0.2) is 37.1 Å². The van der Waals surface area contributed by atoms with Crippen molar-refractivity contribution in [2.45, 2.75) is 33.2 Å². The SMILES string of the molecule is CC[C@H]1CN(CC(C)C)CCN1c1cc(F)cc(F)c1. The first-order valence-electron chi connectivity index (χ1n) is 7.44. The topological polar surface area (TPSA) is 6.48 Å². The van der Waals surface area contributed by atoms with Crippen molar-refractivity contribution >= 4 is 5.69 Å². The van der Waals surface area contributed by atoms with Gasteiger partial charge < -0.3 is 4.90 Å². The summed E-state index contributed by atoms with van der Waals surface area (Å²) < 4.78 is 26.8. The Morgan fingerprint density at radius 1 is 1.15 bits per heavy atom. The van der Waals surface area contributed by atoms with Crippen LogP contribution in [0, 0.1) is 17.6 Å². The van der Waals surface area contributed by atoms with Crippen molar-refractivity contribution in [1.29, 1.82) is 0 Å². The molecule has 1 aromatic carbocycles. The highest BCUT2D eigenvalue weighted by atomic mass is 19.1. The Kier molecular flexibility index (Phi) is 4.97. The zero-order valence-electron chi connectivity index (χ0n) is 12.6. The fourth-order valence-electron chi connectivity index (χ4n) is 3.00. The van der Waals surface area contributed by atoms with Gasteiger partial charge in [0, 0.05) is 44.0 Å². The smallest absolute Gasteiger partial charge is 0.128 e. The van der Waals surface area contributed by atoms with Crippen LogP contribution in [0.5, 0.6) is 0 Å². The van der Waals surface area contributed by atoms with Crippen LogP contribution in [0.15, 0.2) is 18.2 Å². The van der Waals surface area contributed by atoms with Crippen molar-refractivity contribution in [3.8, 4) is 0 Å². The molecule has 1 heterocycles. The van der Waals surface area contributed by atoms with E-state index < -0.39 is 11.6 Å². The number of hydrogen-bond acceptors (Lipinski definition) is 2. The van der Waals surface area contributed by atoms with Gasteiger partial charge in [-0.25, -0.2) is 8.78 Å². The van der Waals surface area contributed by atoms with Crippen LogP contribution in [0.1, 0.15) is 27.2 Å². The second-order valence-electron chi connectivity index (χ2n) is 6.04. The van der Waals surface area contributed by atoms with E-state index in [1.54, 1.807) is 0 Å². The molecule has 0 aromatic heterocycles. The van der Waals surface area contributed by atoms with Gasteiger partial charge >= 0.3 is 0 Å². The maximum absolute atomic E-state index is 13.4. The summed E-state index contributed by atoms with van der Waals surface area (Å²) in [5.74, 6) is -0.357. The third-order valence-electron chi connectivity index (χ3n) is 3.84. The highest BCUT2D eigenvalue weighted by molar-refractivity contribution is 5.48. The third-order valence-corrected chi connectivity index (χ3v) is 3.84. The molecule has 1 aliphatic rings. The van der Waals surface area contributed by atoms with E-state index in [0.29, 0.717) is 17.6 Å². The molecule has 1 saturated heterocycles. The number of nitrogens with zero attached hydrogens (tertiary/aromatic N) is 2. The van der Waals surface area contributed by atoms with E-state index in [0.717, 1.165) is 38.7 Å². The van der Waals surface area contributed by atoms with E-state index in [1.165, 1.54) is 12.1 Å². The fraction of sp³-hybridized carbons (Fsp3) is 0.625. The van der Waals surface area contributed by atoms with Crippen LogP contribution in [0.2, 0.25) is 0 Å². The van der Waals surface area contributed by atoms with E-state index in [2.05, 4.69) is 30.6 Å². The summed E-state index contributed by atoms with van der Waals surface area (Å²) in [4.78, 5) is 4.59. The fourth-order valence-corrected chi connectivity index (χ4v) is 3.00. The van der Waals surface area contributed by atoms with Gasteiger partial charge in [0.25, 0.3) is 0 Å². The largest absolute Gasteiger partial charge is 0.366 e. The van der Waals surface area contributed by atoms with Gasteiger partial charge in [-0.2, -0.15) is 0 Å². The molecule has 112 valence electrons. The zero-order chi connectivity index (χ0) is 14.7. The number of hydrogen-bond donors (Lipinski definition) is 0. The monoisotopic (exact) mass is 282 g/mol. The van der Waals surface area contributed by atoms with Gasteiger partial charge in [-0.1, -0.05) is 20.8 Å². The van der Waals surface area contributed by atoms with E-state index in [4.69, 9.17) is 0 Å². The summed E-state index contributed by atoms with van der Waals surface area (Å²) in [7, 11) is 0. The molecule has 0 spiro atoms. The molecular formula is C16H24F2N2. The number of halogens is 2. The Balaban J connectivity index is 2.12. The second kappa shape index (κ2) is 6.53. The molecule has 0 N–H and O–H groups in total. The Morgan fingerprint density at radius 3 is 2.35 bits per heavy atom. The Labute approximate surface area is 120 Å². The Morgan fingerprint density at radius 2 is 1.80 bits per heavy atom. The van der Waals surface area contributed by atoms with Crippen molar-refractivity contribution in [2.24, 2.45) is 5.92 Å². The van der Waals surface area contributed by atoms with Gasteiger partial charge in [-0.3, -0.25) is 4.90 Å². The van der Waals surface area contributed by atoms with Crippen LogP contribution < -0.4 is 4.90 Å². The quantitative estimate of drug-likeness (QED) is 0.833. The van der Waals surface area contributed by atoms with Crippen LogP contribution in [-0.2, 0) is 0 Å². The van der Waals surface area contributed by atoms with Crippen LogP contribution >= 0.6 is 0 Å². The molecule has 2 rings (SSSR count). The minimum Gasteiger partial charge on any atom is -0.366 e. The van der Waals surface area contributed by atoms with Gasteiger partial charge in [0.05, 0.1) is 0 Å². The first-order valence-corrected chi connectivity index (χ1v) is 7.44. The molecular weight excluding hydrogens is 258 g/mol. The van der Waals surface area contributed by atoms with E-state index in [9.17, 15) is 8.78 Å². The maximum atomic E-state index is 13.4. The summed E-state index contributed by atoms with van der Waals surface area (Å²) in [6.45, 7) is 10.4. The minimum atomic E-state index is -0.500. The molecule has 1 fully saturated rings. The third kappa shape index (κ3) is 3.69. The molecule has 0 saturated carbocycles. The van der Waals surface area contributed by atoms with Gasteiger partial charge in [0.1, 0.15) is 11.6 Å². The normalized spacial score (nSPS) is 20.7. The zero-order valence-corrected chi connectivity index (χ0v) is 12.6. The highest BCUT2D eigenvalue weighted by Gasteiger charge is 2.26. The van der Waals surface area contributed by atoms with Gasteiger partial charge in [-0.05, 0) is 24.5 Å². The number of piperazine rings is 1. The van der Waals surface area contributed by atoms with Crippen LogP contribution in [0.3, 0.4) is 0 Å². The van der Waals surface area contributed by atoms with Gasteiger partial charge in [-0.15, -0.1) is 0 Å². The lowest BCUT2D eigenvalue weighted by molar-refractivity contribution is 0.199. The number of anilines is 1. The van der Waals surface area contributed by atoms with Crippen molar-refractivity contribution in [3.63, 3.8) is 0 Å². The van der Waals surface area contributed by atoms with Crippen molar-refractivity contribution < 1.29 is 8.78 Å². The van der Waals surface area contributed by atoms with Crippen molar-refractivity contribution in [2.75, 3.05) is 31.1 Å². The summed E-state index contributed by atoms with van der Waals surface area (Å²) in [5.41, 5.74) is 0.665. The van der Waals surface area contributed by atoms with Gasteiger partial charge in [0.15, 0.2) is 0 Å². The molecule has 0 bridgehead atoms. The molecule has 0 unspecified atom stereocenters. The number of rotatable bonds is 4. The second-order valence-corrected chi connectivity index (χ2v) is 6.04. The summed E-state index contributed by atoms with van der Waals surface area (Å²) >= 11 is 0. The Bertz CT molecular complexity index is 428. The van der Waals surface area contributed by atoms with Crippen molar-refractivity contribution in [3.05, 3.63) is 29.8 Å². The Hall–Kier alpha value is -1.16. The maximum Gasteiger partial charge on any atom is 0.128 e. The minimum absolute atomic E-state index is 0.323. The predicted octanol–water partition coefficient (Wildman–Crippen LogP) is 3.52. The molecule has 1 aliphatic heterocycles. The van der Waals surface area contributed by atoms with E-state index in [-0.39, 0.29) is 0 Å². The van der Waals surface area contributed by atoms with Crippen LogP contribution in [0.4, 0.5) is 14.5 Å². The molecule has 0 radical (unpaired) electrons. The molecule has 0 aliphatic carbocycles. The van der Waals surface area contributed by atoms with E-state index >= 15 is 0 Å². The average molecular weight is 282 g/mol. The molecule has 1 atom stereocenters. The van der Waals surface area contributed by atoms with E-state index in [1.807, 2.05) is 0 Å². The first kappa shape index (κ1) is 15.2. The highest BCUT2D eigenvalue weighted by Crippen LogP contribution is 2.24. The standard InChI is InChI=1S/C16H24F2N2/c1-4-15-11-19(10-12(2)3)5-6-20(15)16-8-13(17)7-14(18)9-16/h7-9,12,15H,4-6,10-11H2,1-3H3/t15-/m0/s1. The molecule has 20 heavy (non-hydrogen) atoms.